The van der Waals surface area contributed by atoms with E-state index in [2.05, 4.69) is 25.6 Å². The lowest BCUT2D eigenvalue weighted by atomic mass is 10.0. The lowest BCUT2D eigenvalue weighted by Gasteiger charge is -2.10. The molecule has 0 aliphatic heterocycles. The van der Waals surface area contributed by atoms with E-state index in [-0.39, 0.29) is 12.2 Å². The number of nitrogens with one attached hydrogen (secondary N) is 2. The van der Waals surface area contributed by atoms with Crippen LogP contribution in [-0.2, 0) is 6.42 Å². The number of aryl methyl sites for hydroxylation is 1. The molecule has 1 aliphatic carbocycles. The summed E-state index contributed by atoms with van der Waals surface area (Å²) in [5, 5.41) is 7.18. The highest BCUT2D eigenvalue weighted by Gasteiger charge is 2.22. The molecule has 1 fully saturated rings. The summed E-state index contributed by atoms with van der Waals surface area (Å²) >= 11 is 12.3. The first-order valence-corrected chi connectivity index (χ1v) is 10.0. The Kier molecular flexibility index (Phi) is 5.65. The van der Waals surface area contributed by atoms with Gasteiger partial charge in [0.2, 0.25) is 5.95 Å². The molecule has 2 heterocycles. The van der Waals surface area contributed by atoms with Gasteiger partial charge < -0.3 is 10.6 Å². The van der Waals surface area contributed by atoms with Crippen LogP contribution in [0.2, 0.25) is 10.0 Å². The third-order valence-electron chi connectivity index (χ3n) is 4.45. The van der Waals surface area contributed by atoms with E-state index in [1.54, 1.807) is 30.5 Å². The molecule has 1 saturated carbocycles. The van der Waals surface area contributed by atoms with Gasteiger partial charge in [-0.3, -0.25) is 4.79 Å². The fourth-order valence-electron chi connectivity index (χ4n) is 2.93. The molecule has 0 atom stereocenters. The zero-order valence-electron chi connectivity index (χ0n) is 15.7. The highest BCUT2D eigenvalue weighted by atomic mass is 35.5. The number of pyridine rings is 1. The standard InChI is InChI=1S/C21H19Cl2N5O/c1-12-9-19(28-21(25-12)26-14-5-6-14)27-18-11-13(7-8-24-18)10-17(29)20-15(22)3-2-4-16(20)23/h2-4,7-9,11,14H,5-6,10H2,1H3,(H2,24,25,26,27,28). The van der Waals surface area contributed by atoms with Crippen LogP contribution in [0.4, 0.5) is 17.6 Å². The number of ketones is 1. The van der Waals surface area contributed by atoms with Gasteiger partial charge in [0.1, 0.15) is 11.6 Å². The molecule has 3 aromatic rings. The van der Waals surface area contributed by atoms with Gasteiger partial charge in [0.05, 0.1) is 15.6 Å². The summed E-state index contributed by atoms with van der Waals surface area (Å²) < 4.78 is 0. The topological polar surface area (TPSA) is 79.8 Å². The summed E-state index contributed by atoms with van der Waals surface area (Å²) in [4.78, 5) is 25.9. The Morgan fingerprint density at radius 3 is 2.59 bits per heavy atom. The maximum absolute atomic E-state index is 12.7. The van der Waals surface area contributed by atoms with Gasteiger partial charge in [-0.15, -0.1) is 0 Å². The van der Waals surface area contributed by atoms with E-state index in [1.807, 2.05) is 19.1 Å². The molecule has 4 rings (SSSR count). The number of Topliss-reactive ketones (excluding diaryl/α,β-unsaturated/α-hetero) is 1. The van der Waals surface area contributed by atoms with E-state index in [0.29, 0.717) is 39.2 Å². The Labute approximate surface area is 178 Å². The van der Waals surface area contributed by atoms with E-state index in [0.717, 1.165) is 24.1 Å². The van der Waals surface area contributed by atoms with Crippen molar-refractivity contribution in [2.45, 2.75) is 32.2 Å². The Bertz CT molecular complexity index is 1050. The molecule has 2 N–H and O–H groups in total. The number of benzene rings is 1. The molecule has 0 amide bonds. The van der Waals surface area contributed by atoms with Crippen molar-refractivity contribution in [3.63, 3.8) is 0 Å². The maximum atomic E-state index is 12.7. The minimum atomic E-state index is -0.147. The van der Waals surface area contributed by atoms with Crippen LogP contribution >= 0.6 is 23.2 Å². The van der Waals surface area contributed by atoms with Gasteiger partial charge in [0, 0.05) is 30.4 Å². The molecule has 0 spiro atoms. The number of carbonyl (C=O) groups excluding carboxylic acids is 1. The van der Waals surface area contributed by atoms with Crippen molar-refractivity contribution in [3.8, 4) is 0 Å². The van der Waals surface area contributed by atoms with Crippen molar-refractivity contribution >= 4 is 46.6 Å². The third kappa shape index (κ3) is 5.02. The first-order chi connectivity index (χ1) is 14.0. The van der Waals surface area contributed by atoms with Crippen molar-refractivity contribution in [1.82, 2.24) is 15.0 Å². The maximum Gasteiger partial charge on any atom is 0.225 e. The summed E-state index contributed by atoms with van der Waals surface area (Å²) in [6.07, 6.45) is 4.11. The quantitative estimate of drug-likeness (QED) is 0.502. The van der Waals surface area contributed by atoms with Crippen molar-refractivity contribution in [2.75, 3.05) is 10.6 Å². The number of halogens is 2. The van der Waals surface area contributed by atoms with Gasteiger partial charge in [-0.25, -0.2) is 9.97 Å². The van der Waals surface area contributed by atoms with Crippen LogP contribution in [0.1, 0.15) is 34.5 Å². The van der Waals surface area contributed by atoms with E-state index >= 15 is 0 Å². The summed E-state index contributed by atoms with van der Waals surface area (Å²) in [5.41, 5.74) is 1.99. The molecule has 29 heavy (non-hydrogen) atoms. The Morgan fingerprint density at radius 1 is 1.10 bits per heavy atom. The van der Waals surface area contributed by atoms with Gasteiger partial charge in [0.25, 0.3) is 0 Å². The number of carbonyl (C=O) groups is 1. The van der Waals surface area contributed by atoms with Gasteiger partial charge in [-0.1, -0.05) is 29.3 Å². The summed E-state index contributed by atoms with van der Waals surface area (Å²) in [6, 6.07) is 10.9. The second kappa shape index (κ2) is 8.35. The zero-order chi connectivity index (χ0) is 20.4. The number of rotatable bonds is 7. The van der Waals surface area contributed by atoms with Crippen LogP contribution in [0.3, 0.4) is 0 Å². The van der Waals surface area contributed by atoms with E-state index in [9.17, 15) is 4.79 Å². The second-order valence-corrected chi connectivity index (χ2v) is 7.82. The lowest BCUT2D eigenvalue weighted by molar-refractivity contribution is 0.0993. The third-order valence-corrected chi connectivity index (χ3v) is 5.08. The fraction of sp³-hybridized carbons (Fsp3) is 0.238. The number of anilines is 3. The average Bonchev–Trinajstić information content (AvgIpc) is 3.45. The average molecular weight is 428 g/mol. The molecule has 0 bridgehead atoms. The van der Waals surface area contributed by atoms with E-state index < -0.39 is 0 Å². The largest absolute Gasteiger partial charge is 0.351 e. The summed E-state index contributed by atoms with van der Waals surface area (Å²) in [6.45, 7) is 1.92. The van der Waals surface area contributed by atoms with Crippen LogP contribution in [0.15, 0.2) is 42.6 Å². The monoisotopic (exact) mass is 427 g/mol. The minimum absolute atomic E-state index is 0.147. The van der Waals surface area contributed by atoms with Crippen molar-refractivity contribution in [3.05, 3.63) is 69.5 Å². The number of hydrogen-bond donors (Lipinski definition) is 2. The van der Waals surface area contributed by atoms with Crippen LogP contribution in [0.25, 0.3) is 0 Å². The summed E-state index contributed by atoms with van der Waals surface area (Å²) in [5.74, 6) is 1.70. The Balaban J connectivity index is 1.50. The molecule has 0 unspecified atom stereocenters. The van der Waals surface area contributed by atoms with Crippen LogP contribution in [0, 0.1) is 6.92 Å². The molecule has 1 aliphatic rings. The van der Waals surface area contributed by atoms with Crippen LogP contribution < -0.4 is 10.6 Å². The highest BCUT2D eigenvalue weighted by molar-refractivity contribution is 6.39. The molecule has 1 aromatic carbocycles. The predicted octanol–water partition coefficient (Wildman–Crippen LogP) is 5.23. The SMILES string of the molecule is Cc1cc(Nc2cc(CC(=O)c3c(Cl)cccc3Cl)ccn2)nc(NC2CC2)n1. The second-order valence-electron chi connectivity index (χ2n) is 7.01. The highest BCUT2D eigenvalue weighted by Crippen LogP contribution is 2.27. The molecule has 2 aromatic heterocycles. The molecule has 8 heteroatoms. The van der Waals surface area contributed by atoms with Crippen molar-refractivity contribution < 1.29 is 4.79 Å². The minimum Gasteiger partial charge on any atom is -0.351 e. The molecule has 0 saturated heterocycles. The smallest absolute Gasteiger partial charge is 0.225 e. The first-order valence-electron chi connectivity index (χ1n) is 9.29. The molecule has 148 valence electrons. The van der Waals surface area contributed by atoms with Gasteiger partial charge in [-0.05, 0) is 49.6 Å². The van der Waals surface area contributed by atoms with E-state index in [1.165, 1.54) is 0 Å². The van der Waals surface area contributed by atoms with Crippen LogP contribution in [0.5, 0.6) is 0 Å². The van der Waals surface area contributed by atoms with Crippen molar-refractivity contribution in [2.24, 2.45) is 0 Å². The first kappa shape index (κ1) is 19.6. The Morgan fingerprint density at radius 2 is 1.86 bits per heavy atom. The normalized spacial score (nSPS) is 13.2. The van der Waals surface area contributed by atoms with E-state index in [4.69, 9.17) is 23.2 Å². The molecule has 6 nitrogen and oxygen atoms in total. The number of hydrogen-bond acceptors (Lipinski definition) is 6. The van der Waals surface area contributed by atoms with Gasteiger partial charge >= 0.3 is 0 Å². The lowest BCUT2D eigenvalue weighted by Crippen LogP contribution is -2.08. The molecule has 0 radical (unpaired) electrons. The molecular formula is C21H19Cl2N5O. The van der Waals surface area contributed by atoms with Gasteiger partial charge in [-0.2, -0.15) is 4.98 Å². The van der Waals surface area contributed by atoms with Crippen molar-refractivity contribution in [1.29, 1.82) is 0 Å². The Hall–Kier alpha value is -2.70. The fourth-order valence-corrected chi connectivity index (χ4v) is 3.54. The predicted molar refractivity (Wildman–Crippen MR) is 115 cm³/mol. The number of nitrogens with zero attached hydrogens (tertiary/aromatic N) is 3. The van der Waals surface area contributed by atoms with Gasteiger partial charge in [0.15, 0.2) is 5.78 Å². The number of aromatic nitrogens is 3. The zero-order valence-corrected chi connectivity index (χ0v) is 17.3. The van der Waals surface area contributed by atoms with Crippen LogP contribution in [-0.4, -0.2) is 26.8 Å². The summed E-state index contributed by atoms with van der Waals surface area (Å²) in [7, 11) is 0. The molecular weight excluding hydrogens is 409 g/mol.